The van der Waals surface area contributed by atoms with Crippen LogP contribution in [0.4, 0.5) is 4.39 Å². The lowest BCUT2D eigenvalue weighted by Crippen LogP contribution is -2.31. The summed E-state index contributed by atoms with van der Waals surface area (Å²) in [5.74, 6) is -1.68. The number of hydrogen-bond acceptors (Lipinski definition) is 5. The molecule has 7 heteroatoms. The van der Waals surface area contributed by atoms with Gasteiger partial charge < -0.3 is 19.5 Å². The molecule has 1 fully saturated rings. The molecule has 1 unspecified atom stereocenters. The molecule has 2 aromatic carbocycles. The molecule has 0 aromatic heterocycles. The number of carbonyl (C=O) groups excluding carboxylic acids is 2. The first-order valence-corrected chi connectivity index (χ1v) is 10.1. The molecule has 1 saturated heterocycles. The molecule has 1 heterocycles. The number of methoxy groups -OCH3 is 1. The first-order valence-electron chi connectivity index (χ1n) is 10.1. The second kappa shape index (κ2) is 9.75. The number of rotatable bonds is 8. The molecule has 3 rings (SSSR count). The summed E-state index contributed by atoms with van der Waals surface area (Å²) >= 11 is 0. The summed E-state index contributed by atoms with van der Waals surface area (Å²) in [4.78, 5) is 27.2. The van der Waals surface area contributed by atoms with Gasteiger partial charge in [0.15, 0.2) is 0 Å². The van der Waals surface area contributed by atoms with Gasteiger partial charge in [-0.1, -0.05) is 12.1 Å². The van der Waals surface area contributed by atoms with E-state index in [0.29, 0.717) is 24.3 Å². The zero-order valence-corrected chi connectivity index (χ0v) is 17.8. The minimum absolute atomic E-state index is 0.0317. The fourth-order valence-electron chi connectivity index (χ4n) is 3.63. The van der Waals surface area contributed by atoms with E-state index in [9.17, 15) is 19.1 Å². The Labute approximate surface area is 180 Å². The van der Waals surface area contributed by atoms with E-state index >= 15 is 0 Å². The van der Waals surface area contributed by atoms with Gasteiger partial charge in [-0.3, -0.25) is 9.59 Å². The molecule has 1 N–H and O–H groups in total. The van der Waals surface area contributed by atoms with Gasteiger partial charge in [0.25, 0.3) is 11.7 Å². The molecule has 0 saturated carbocycles. The Balaban J connectivity index is 2.11. The number of Topliss-reactive ketones (excluding diaryl/α,β-unsaturated/α-hetero) is 1. The average molecular weight is 427 g/mol. The van der Waals surface area contributed by atoms with Gasteiger partial charge in [-0.25, -0.2) is 4.39 Å². The average Bonchev–Trinajstić information content (AvgIpc) is 2.99. The Hall–Kier alpha value is -3.19. The van der Waals surface area contributed by atoms with E-state index in [1.807, 2.05) is 13.8 Å². The maximum Gasteiger partial charge on any atom is 0.295 e. The van der Waals surface area contributed by atoms with Crippen LogP contribution in [0.25, 0.3) is 5.76 Å². The van der Waals surface area contributed by atoms with Gasteiger partial charge in [-0.2, -0.15) is 0 Å². The summed E-state index contributed by atoms with van der Waals surface area (Å²) in [7, 11) is 1.56. The highest BCUT2D eigenvalue weighted by Crippen LogP contribution is 2.40. The minimum Gasteiger partial charge on any atom is -0.507 e. The molecule has 1 amide bonds. The SMILES string of the molecule is COCCCN1C(=O)C(=O)/C(=C(\O)c2ccc(F)cc2)C1c1cccc(OC(C)C)c1. The molecule has 1 aliphatic rings. The Morgan fingerprint density at radius 3 is 2.52 bits per heavy atom. The second-order valence-electron chi connectivity index (χ2n) is 7.58. The molecule has 1 aliphatic heterocycles. The van der Waals surface area contributed by atoms with Crippen LogP contribution in [0.1, 0.15) is 37.4 Å². The Morgan fingerprint density at radius 1 is 1.16 bits per heavy atom. The summed E-state index contributed by atoms with van der Waals surface area (Å²) < 4.78 is 24.2. The van der Waals surface area contributed by atoms with Crippen molar-refractivity contribution < 1.29 is 28.6 Å². The van der Waals surface area contributed by atoms with Crippen molar-refractivity contribution in [2.24, 2.45) is 0 Å². The standard InChI is InChI=1S/C24H26FNO5/c1-15(2)31-19-7-4-6-17(14-19)21-20(22(27)16-8-10-18(25)11-9-16)23(28)24(29)26(21)12-5-13-30-3/h4,6-11,14-15,21,27H,5,12-13H2,1-3H3/b22-20-. The van der Waals surface area contributed by atoms with E-state index in [1.165, 1.54) is 29.2 Å². The van der Waals surface area contributed by atoms with Gasteiger partial charge in [-0.15, -0.1) is 0 Å². The number of likely N-dealkylation sites (tertiary alicyclic amines) is 1. The van der Waals surface area contributed by atoms with Crippen LogP contribution >= 0.6 is 0 Å². The van der Waals surface area contributed by atoms with Gasteiger partial charge in [0.05, 0.1) is 17.7 Å². The van der Waals surface area contributed by atoms with E-state index in [4.69, 9.17) is 9.47 Å². The fraction of sp³-hybridized carbons (Fsp3) is 0.333. The fourth-order valence-corrected chi connectivity index (χ4v) is 3.63. The zero-order chi connectivity index (χ0) is 22.5. The van der Waals surface area contributed by atoms with E-state index in [-0.39, 0.29) is 29.5 Å². The van der Waals surface area contributed by atoms with E-state index < -0.39 is 23.5 Å². The van der Waals surface area contributed by atoms with Gasteiger partial charge in [-0.05, 0) is 62.2 Å². The molecule has 0 bridgehead atoms. The highest BCUT2D eigenvalue weighted by Gasteiger charge is 2.45. The quantitative estimate of drug-likeness (QED) is 0.297. The lowest BCUT2D eigenvalue weighted by molar-refractivity contribution is -0.140. The van der Waals surface area contributed by atoms with Crippen molar-refractivity contribution in [3.8, 4) is 5.75 Å². The molecule has 164 valence electrons. The van der Waals surface area contributed by atoms with Crippen LogP contribution in [0.15, 0.2) is 54.1 Å². The first-order chi connectivity index (χ1) is 14.8. The molecule has 0 radical (unpaired) electrons. The monoisotopic (exact) mass is 427 g/mol. The summed E-state index contributed by atoms with van der Waals surface area (Å²) in [5, 5.41) is 10.9. The summed E-state index contributed by atoms with van der Waals surface area (Å²) in [6, 6.07) is 11.4. The number of aliphatic hydroxyl groups is 1. The number of amides is 1. The smallest absolute Gasteiger partial charge is 0.295 e. The third kappa shape index (κ3) is 4.94. The van der Waals surface area contributed by atoms with Crippen molar-refractivity contribution in [2.75, 3.05) is 20.3 Å². The lowest BCUT2D eigenvalue weighted by Gasteiger charge is -2.25. The van der Waals surface area contributed by atoms with Crippen molar-refractivity contribution in [3.05, 3.63) is 71.0 Å². The number of hydrogen-bond donors (Lipinski definition) is 1. The molecule has 2 aromatic rings. The van der Waals surface area contributed by atoms with E-state index in [1.54, 1.807) is 31.4 Å². The van der Waals surface area contributed by atoms with Crippen LogP contribution in [0, 0.1) is 5.82 Å². The van der Waals surface area contributed by atoms with Crippen LogP contribution in [0.3, 0.4) is 0 Å². The topological polar surface area (TPSA) is 76.1 Å². The van der Waals surface area contributed by atoms with Crippen molar-refractivity contribution in [1.82, 2.24) is 4.90 Å². The molecule has 31 heavy (non-hydrogen) atoms. The molecular formula is C24H26FNO5. The number of ketones is 1. The van der Waals surface area contributed by atoms with Gasteiger partial charge >= 0.3 is 0 Å². The Kier molecular flexibility index (Phi) is 7.07. The molecule has 0 spiro atoms. The highest BCUT2D eigenvalue weighted by molar-refractivity contribution is 6.46. The maximum atomic E-state index is 13.3. The Bertz CT molecular complexity index is 984. The van der Waals surface area contributed by atoms with Crippen molar-refractivity contribution in [3.63, 3.8) is 0 Å². The maximum absolute atomic E-state index is 13.3. The van der Waals surface area contributed by atoms with Crippen molar-refractivity contribution in [2.45, 2.75) is 32.4 Å². The number of nitrogens with zero attached hydrogens (tertiary/aromatic N) is 1. The number of aliphatic hydroxyl groups excluding tert-OH is 1. The number of carbonyl (C=O) groups is 2. The highest BCUT2D eigenvalue weighted by atomic mass is 19.1. The number of halogens is 1. The largest absolute Gasteiger partial charge is 0.507 e. The third-order valence-corrected chi connectivity index (χ3v) is 4.95. The van der Waals surface area contributed by atoms with Gasteiger partial charge in [0.2, 0.25) is 0 Å². The van der Waals surface area contributed by atoms with Crippen molar-refractivity contribution in [1.29, 1.82) is 0 Å². The van der Waals surface area contributed by atoms with E-state index in [2.05, 4.69) is 0 Å². The molecule has 6 nitrogen and oxygen atoms in total. The zero-order valence-electron chi connectivity index (χ0n) is 17.8. The van der Waals surface area contributed by atoms with Crippen LogP contribution in [0.5, 0.6) is 5.75 Å². The second-order valence-corrected chi connectivity index (χ2v) is 7.58. The lowest BCUT2D eigenvalue weighted by atomic mass is 9.95. The predicted octanol–water partition coefficient (Wildman–Crippen LogP) is 4.07. The van der Waals surface area contributed by atoms with Crippen LogP contribution in [-0.4, -0.2) is 48.1 Å². The predicted molar refractivity (Wildman–Crippen MR) is 114 cm³/mol. The minimum atomic E-state index is -0.794. The molecular weight excluding hydrogens is 401 g/mol. The summed E-state index contributed by atoms with van der Waals surface area (Å²) in [6.45, 7) is 4.50. The normalized spacial score (nSPS) is 18.1. The van der Waals surface area contributed by atoms with Gasteiger partial charge in [0, 0.05) is 25.8 Å². The van der Waals surface area contributed by atoms with Crippen LogP contribution in [0.2, 0.25) is 0 Å². The first kappa shape index (κ1) is 22.5. The van der Waals surface area contributed by atoms with Crippen LogP contribution < -0.4 is 4.74 Å². The summed E-state index contributed by atoms with van der Waals surface area (Å²) in [6.07, 6.45) is 0.473. The third-order valence-electron chi connectivity index (χ3n) is 4.95. The number of benzene rings is 2. The van der Waals surface area contributed by atoms with E-state index in [0.717, 1.165) is 0 Å². The van der Waals surface area contributed by atoms with Gasteiger partial charge in [0.1, 0.15) is 17.3 Å². The number of ether oxygens (including phenoxy) is 2. The Morgan fingerprint density at radius 2 is 1.87 bits per heavy atom. The summed E-state index contributed by atoms with van der Waals surface area (Å²) in [5.41, 5.74) is 0.866. The molecule has 1 atom stereocenters. The van der Waals surface area contributed by atoms with Crippen molar-refractivity contribution >= 4 is 17.4 Å². The molecule has 0 aliphatic carbocycles. The van der Waals surface area contributed by atoms with Crippen LogP contribution in [-0.2, 0) is 14.3 Å².